The van der Waals surface area contributed by atoms with Crippen LogP contribution in [0.2, 0.25) is 0 Å². The highest BCUT2D eigenvalue weighted by Crippen LogP contribution is 2.34. The highest BCUT2D eigenvalue weighted by molar-refractivity contribution is 8.93. The Balaban J connectivity index is 0.00000243. The number of hydrogen-bond donors (Lipinski definition) is 0. The van der Waals surface area contributed by atoms with Crippen molar-refractivity contribution >= 4 is 26.2 Å². The third-order valence-corrected chi connectivity index (χ3v) is 5.69. The molecule has 0 saturated carbocycles. The molecule has 0 aliphatic heterocycles. The van der Waals surface area contributed by atoms with Crippen molar-refractivity contribution < 1.29 is 0 Å². The zero-order valence-corrected chi connectivity index (χ0v) is 18.0. The summed E-state index contributed by atoms with van der Waals surface area (Å²) in [6.07, 6.45) is 5.74. The second-order valence-electron chi connectivity index (χ2n) is 7.00. The van der Waals surface area contributed by atoms with Gasteiger partial charge in [-0.1, -0.05) is 91.0 Å². The lowest BCUT2D eigenvalue weighted by Gasteiger charge is -2.30. The minimum absolute atomic E-state index is 0. The van der Waals surface area contributed by atoms with Crippen molar-refractivity contribution in [2.45, 2.75) is 37.3 Å². The van der Waals surface area contributed by atoms with Gasteiger partial charge in [0, 0.05) is 0 Å². The van der Waals surface area contributed by atoms with Gasteiger partial charge in [0.25, 0.3) is 0 Å². The third-order valence-electron chi connectivity index (χ3n) is 4.91. The third kappa shape index (κ3) is 6.71. The molecule has 1 unspecified atom stereocenters. The van der Waals surface area contributed by atoms with Crippen molar-refractivity contribution in [2.24, 2.45) is 0 Å². The van der Waals surface area contributed by atoms with Gasteiger partial charge in [0.15, 0.2) is 0 Å². The summed E-state index contributed by atoms with van der Waals surface area (Å²) in [6, 6.07) is 32.6. The highest BCUT2D eigenvalue weighted by atomic mass is 79.9. The van der Waals surface area contributed by atoms with E-state index >= 15 is 0 Å². The smallest absolute Gasteiger partial charge is 0.0104 e. The molecule has 2 heteroatoms. The molecule has 0 aromatic heterocycles. The Hall–Kier alpha value is -1.43. The largest absolute Gasteiger partial charge is 0.131 e. The van der Waals surface area contributed by atoms with E-state index in [4.69, 9.17) is 0 Å². The summed E-state index contributed by atoms with van der Waals surface area (Å²) in [6.45, 7) is 0. The summed E-state index contributed by atoms with van der Waals surface area (Å²) < 4.78 is 0. The van der Waals surface area contributed by atoms with Crippen molar-refractivity contribution in [3.8, 4) is 0 Å². The molecule has 3 rings (SSSR count). The highest BCUT2D eigenvalue weighted by Gasteiger charge is 2.24. The normalized spacial score (nSPS) is 11.0. The molecule has 26 heavy (non-hydrogen) atoms. The molecule has 136 valence electrons. The molecule has 0 N–H and O–H groups in total. The minimum atomic E-state index is 0. The summed E-state index contributed by atoms with van der Waals surface area (Å²) >= 11 is 0. The van der Waals surface area contributed by atoms with Crippen LogP contribution in [0, 0.1) is 0 Å². The number of halogens is 1. The average Bonchev–Trinajstić information content (AvgIpc) is 2.68. The maximum absolute atomic E-state index is 3.21. The monoisotopic (exact) mass is 426 g/mol. The Kier molecular flexibility index (Phi) is 8.55. The van der Waals surface area contributed by atoms with E-state index in [-0.39, 0.29) is 22.1 Å². The van der Waals surface area contributed by atoms with Crippen LogP contribution in [0.5, 0.6) is 0 Å². The molecule has 0 fully saturated rings. The number of hydrogen-bond acceptors (Lipinski definition) is 0. The Bertz CT molecular complexity index is 697. The van der Waals surface area contributed by atoms with Gasteiger partial charge < -0.3 is 0 Å². The van der Waals surface area contributed by atoms with Crippen LogP contribution in [0.4, 0.5) is 0 Å². The molecule has 0 aliphatic rings. The molecular weight excluding hydrogens is 399 g/mol. The van der Waals surface area contributed by atoms with Crippen LogP contribution >= 0.6 is 26.2 Å². The molecule has 1 atom stereocenters. The van der Waals surface area contributed by atoms with Crippen molar-refractivity contribution in [1.82, 2.24) is 0 Å². The van der Waals surface area contributed by atoms with E-state index in [2.05, 4.69) is 100 Å². The fourth-order valence-corrected chi connectivity index (χ4v) is 3.90. The van der Waals surface area contributed by atoms with Crippen molar-refractivity contribution in [3.63, 3.8) is 0 Å². The molecule has 0 saturated heterocycles. The van der Waals surface area contributed by atoms with Crippen LogP contribution in [-0.4, -0.2) is 5.16 Å². The SMILES string of the molecule is Br.PC(CCc1ccccc1)(CCc1ccccc1)Cc1ccccc1. The van der Waals surface area contributed by atoms with E-state index in [0.717, 1.165) is 19.3 Å². The average molecular weight is 427 g/mol. The lowest BCUT2D eigenvalue weighted by Crippen LogP contribution is -2.26. The summed E-state index contributed by atoms with van der Waals surface area (Å²) in [7, 11) is 3.21. The van der Waals surface area contributed by atoms with Crippen LogP contribution in [0.3, 0.4) is 0 Å². The first-order valence-corrected chi connectivity index (χ1v) is 9.72. The van der Waals surface area contributed by atoms with E-state index < -0.39 is 0 Å². The zero-order chi connectivity index (χ0) is 17.4. The minimum Gasteiger partial charge on any atom is -0.131 e. The van der Waals surface area contributed by atoms with Gasteiger partial charge in [0.2, 0.25) is 0 Å². The number of aryl methyl sites for hydroxylation is 2. The molecule has 0 spiro atoms. The molecule has 3 aromatic carbocycles. The Labute approximate surface area is 171 Å². The molecule has 3 aromatic rings. The van der Waals surface area contributed by atoms with Crippen molar-refractivity contribution in [2.75, 3.05) is 0 Å². The quantitative estimate of drug-likeness (QED) is 0.352. The first kappa shape index (κ1) is 20.9. The van der Waals surface area contributed by atoms with Crippen LogP contribution in [0.1, 0.15) is 29.5 Å². The Morgan fingerprint density at radius 2 is 0.885 bits per heavy atom. The van der Waals surface area contributed by atoms with E-state index in [1.807, 2.05) is 0 Å². The van der Waals surface area contributed by atoms with E-state index in [1.165, 1.54) is 29.5 Å². The molecule has 0 nitrogen and oxygen atoms in total. The van der Waals surface area contributed by atoms with Gasteiger partial charge in [-0.3, -0.25) is 0 Å². The fourth-order valence-electron chi connectivity index (χ4n) is 3.38. The predicted molar refractivity (Wildman–Crippen MR) is 122 cm³/mol. The van der Waals surface area contributed by atoms with Gasteiger partial charge in [-0.2, -0.15) is 0 Å². The van der Waals surface area contributed by atoms with Gasteiger partial charge in [-0.15, -0.1) is 26.2 Å². The summed E-state index contributed by atoms with van der Waals surface area (Å²) in [4.78, 5) is 0. The maximum Gasteiger partial charge on any atom is -0.0104 e. The molecule has 0 heterocycles. The van der Waals surface area contributed by atoms with Crippen LogP contribution < -0.4 is 0 Å². The molecule has 0 aliphatic carbocycles. The van der Waals surface area contributed by atoms with Crippen LogP contribution in [0.25, 0.3) is 0 Å². The standard InChI is InChI=1S/C24H27P.BrH/c25-24(20-23-14-8-3-9-15-23,18-16-21-10-4-1-5-11-21)19-17-22-12-6-2-7-13-22;/h1-15H,16-20,25H2;1H. The van der Waals surface area contributed by atoms with Crippen LogP contribution in [-0.2, 0) is 19.3 Å². The van der Waals surface area contributed by atoms with Gasteiger partial charge in [0.1, 0.15) is 0 Å². The topological polar surface area (TPSA) is 0 Å². The first-order valence-electron chi connectivity index (χ1n) is 9.14. The van der Waals surface area contributed by atoms with Gasteiger partial charge in [-0.25, -0.2) is 0 Å². The Morgan fingerprint density at radius 3 is 1.27 bits per heavy atom. The van der Waals surface area contributed by atoms with Gasteiger partial charge in [0.05, 0.1) is 0 Å². The van der Waals surface area contributed by atoms with Gasteiger partial charge >= 0.3 is 0 Å². The number of benzene rings is 3. The summed E-state index contributed by atoms with van der Waals surface area (Å²) in [5.41, 5.74) is 4.29. The van der Waals surface area contributed by atoms with Gasteiger partial charge in [-0.05, 0) is 54.0 Å². The Morgan fingerprint density at radius 1 is 0.538 bits per heavy atom. The van der Waals surface area contributed by atoms with Crippen molar-refractivity contribution in [1.29, 1.82) is 0 Å². The van der Waals surface area contributed by atoms with E-state index in [0.29, 0.717) is 0 Å². The second-order valence-corrected chi connectivity index (χ2v) is 8.22. The second kappa shape index (κ2) is 10.7. The molecule has 0 amide bonds. The fraction of sp³-hybridized carbons (Fsp3) is 0.250. The summed E-state index contributed by atoms with van der Waals surface area (Å²) in [5.74, 6) is 0. The van der Waals surface area contributed by atoms with E-state index in [9.17, 15) is 0 Å². The summed E-state index contributed by atoms with van der Waals surface area (Å²) in [5, 5.41) is 0.229. The van der Waals surface area contributed by atoms with Crippen molar-refractivity contribution in [3.05, 3.63) is 108 Å². The molecular formula is C24H28BrP. The lowest BCUT2D eigenvalue weighted by atomic mass is 9.87. The van der Waals surface area contributed by atoms with E-state index in [1.54, 1.807) is 0 Å². The number of rotatable bonds is 8. The molecule has 0 radical (unpaired) electrons. The lowest BCUT2D eigenvalue weighted by molar-refractivity contribution is 0.497. The molecule has 0 bridgehead atoms. The first-order chi connectivity index (χ1) is 12.2. The maximum atomic E-state index is 3.21. The van der Waals surface area contributed by atoms with Crippen LogP contribution in [0.15, 0.2) is 91.0 Å². The zero-order valence-electron chi connectivity index (χ0n) is 15.2. The predicted octanol–water partition coefficient (Wildman–Crippen LogP) is 6.69.